The molecule has 3 fully saturated rings. The normalized spacial score (nSPS) is 26.8. The number of benzene rings is 1. The Labute approximate surface area is 170 Å². The zero-order chi connectivity index (χ0) is 20.0. The summed E-state index contributed by atoms with van der Waals surface area (Å²) in [7, 11) is 0. The summed E-state index contributed by atoms with van der Waals surface area (Å²) in [4.78, 5) is 40.9. The highest BCUT2D eigenvalue weighted by atomic mass is 16.2. The summed E-state index contributed by atoms with van der Waals surface area (Å²) in [5.74, 6) is -0.694. The Morgan fingerprint density at radius 3 is 2.72 bits per heavy atom. The molecule has 1 unspecified atom stereocenters. The standard InChI is InChI=1S/C22H28N4O3/c27-19-5-4-18(20(28)24-19)26-13-17-15(2-1-3-16(17)21(26)29)12-25-11-8-22(14-25)6-9-23-10-7-22/h1-3,18,23H,4-14H2,(H,24,27,28). The van der Waals surface area contributed by atoms with E-state index in [2.05, 4.69) is 21.6 Å². The first-order chi connectivity index (χ1) is 14.0. The van der Waals surface area contributed by atoms with Gasteiger partial charge in [0.05, 0.1) is 0 Å². The third-order valence-corrected chi connectivity index (χ3v) is 7.25. The third-order valence-electron chi connectivity index (χ3n) is 7.25. The second-order valence-electron chi connectivity index (χ2n) is 9.05. The smallest absolute Gasteiger partial charge is 0.255 e. The lowest BCUT2D eigenvalue weighted by Crippen LogP contribution is -2.52. The number of nitrogens with zero attached hydrogens (tertiary/aromatic N) is 2. The molecular formula is C22H28N4O3. The van der Waals surface area contributed by atoms with Gasteiger partial charge in [-0.05, 0) is 67.9 Å². The van der Waals surface area contributed by atoms with Gasteiger partial charge in [0, 0.05) is 31.6 Å². The van der Waals surface area contributed by atoms with Crippen LogP contribution in [-0.4, -0.2) is 59.7 Å². The quantitative estimate of drug-likeness (QED) is 0.746. The van der Waals surface area contributed by atoms with E-state index in [4.69, 9.17) is 0 Å². The van der Waals surface area contributed by atoms with E-state index in [9.17, 15) is 14.4 Å². The van der Waals surface area contributed by atoms with Crippen molar-refractivity contribution in [1.29, 1.82) is 0 Å². The van der Waals surface area contributed by atoms with Crippen LogP contribution in [0.3, 0.4) is 0 Å². The fourth-order valence-corrected chi connectivity index (χ4v) is 5.57. The van der Waals surface area contributed by atoms with Crippen molar-refractivity contribution in [2.24, 2.45) is 5.41 Å². The van der Waals surface area contributed by atoms with Crippen molar-refractivity contribution < 1.29 is 14.4 Å². The number of hydrogen-bond donors (Lipinski definition) is 2. The lowest BCUT2D eigenvalue weighted by Gasteiger charge is -2.34. The van der Waals surface area contributed by atoms with Crippen LogP contribution >= 0.6 is 0 Å². The summed E-state index contributed by atoms with van der Waals surface area (Å²) in [5, 5.41) is 5.84. The van der Waals surface area contributed by atoms with Crippen LogP contribution in [0.25, 0.3) is 0 Å². The molecule has 2 N–H and O–H groups in total. The SMILES string of the molecule is O=C1CCC(N2Cc3c(CN4CCC5(CCNCC5)C4)cccc3C2=O)C(=O)N1. The minimum Gasteiger partial charge on any atom is -0.322 e. The summed E-state index contributed by atoms with van der Waals surface area (Å²) in [6, 6.07) is 5.39. The summed E-state index contributed by atoms with van der Waals surface area (Å²) >= 11 is 0. The molecule has 1 atom stereocenters. The summed E-state index contributed by atoms with van der Waals surface area (Å²) in [6.45, 7) is 5.78. The van der Waals surface area contributed by atoms with Crippen LogP contribution in [-0.2, 0) is 22.7 Å². The van der Waals surface area contributed by atoms with Crippen molar-refractivity contribution in [2.75, 3.05) is 26.2 Å². The van der Waals surface area contributed by atoms with Gasteiger partial charge in [-0.25, -0.2) is 0 Å². The van der Waals surface area contributed by atoms with E-state index in [1.54, 1.807) is 4.90 Å². The van der Waals surface area contributed by atoms with Gasteiger partial charge in [0.25, 0.3) is 5.91 Å². The van der Waals surface area contributed by atoms with Gasteiger partial charge < -0.3 is 10.2 Å². The first kappa shape index (κ1) is 18.8. The van der Waals surface area contributed by atoms with E-state index >= 15 is 0 Å². The number of carbonyl (C=O) groups excluding carboxylic acids is 3. The highest BCUT2D eigenvalue weighted by Gasteiger charge is 2.41. The first-order valence-corrected chi connectivity index (χ1v) is 10.7. The van der Waals surface area contributed by atoms with Crippen LogP contribution in [0.15, 0.2) is 18.2 Å². The van der Waals surface area contributed by atoms with Crippen molar-refractivity contribution >= 4 is 17.7 Å². The Balaban J connectivity index is 1.32. The van der Waals surface area contributed by atoms with Gasteiger partial charge in [-0.3, -0.25) is 24.6 Å². The Morgan fingerprint density at radius 1 is 1.10 bits per heavy atom. The molecule has 4 aliphatic rings. The molecule has 0 aliphatic carbocycles. The number of nitrogens with one attached hydrogen (secondary N) is 2. The molecule has 4 aliphatic heterocycles. The zero-order valence-electron chi connectivity index (χ0n) is 16.7. The number of rotatable bonds is 3. The maximum Gasteiger partial charge on any atom is 0.255 e. The van der Waals surface area contributed by atoms with Gasteiger partial charge in [-0.2, -0.15) is 0 Å². The Kier molecular flexibility index (Phi) is 4.67. The van der Waals surface area contributed by atoms with E-state index in [1.807, 2.05) is 12.1 Å². The van der Waals surface area contributed by atoms with Crippen LogP contribution in [0, 0.1) is 5.41 Å². The predicted molar refractivity (Wildman–Crippen MR) is 107 cm³/mol. The Bertz CT molecular complexity index is 862. The monoisotopic (exact) mass is 396 g/mol. The average molecular weight is 396 g/mol. The number of piperidine rings is 2. The number of likely N-dealkylation sites (tertiary alicyclic amines) is 1. The molecule has 4 heterocycles. The minimum atomic E-state index is -0.551. The van der Waals surface area contributed by atoms with Crippen molar-refractivity contribution in [2.45, 2.75) is 51.2 Å². The van der Waals surface area contributed by atoms with Gasteiger partial charge in [0.1, 0.15) is 6.04 Å². The molecule has 5 rings (SSSR count). The summed E-state index contributed by atoms with van der Waals surface area (Å²) < 4.78 is 0. The van der Waals surface area contributed by atoms with Crippen molar-refractivity contribution in [3.05, 3.63) is 34.9 Å². The van der Waals surface area contributed by atoms with E-state index < -0.39 is 6.04 Å². The molecule has 7 heteroatoms. The number of imide groups is 1. The summed E-state index contributed by atoms with van der Waals surface area (Å²) in [5.41, 5.74) is 3.41. The van der Waals surface area contributed by atoms with Crippen molar-refractivity contribution in [3.8, 4) is 0 Å². The molecule has 1 spiro atoms. The molecule has 0 bridgehead atoms. The predicted octanol–water partition coefficient (Wildman–Crippen LogP) is 1.02. The van der Waals surface area contributed by atoms with Crippen LogP contribution in [0.1, 0.15) is 53.6 Å². The number of amides is 3. The molecule has 0 radical (unpaired) electrons. The summed E-state index contributed by atoms with van der Waals surface area (Å²) in [6.07, 6.45) is 4.44. The van der Waals surface area contributed by atoms with E-state index in [-0.39, 0.29) is 24.1 Å². The fraction of sp³-hybridized carbons (Fsp3) is 0.591. The van der Waals surface area contributed by atoms with Gasteiger partial charge in [0.15, 0.2) is 0 Å². The highest BCUT2D eigenvalue weighted by molar-refractivity contribution is 6.05. The van der Waals surface area contributed by atoms with Crippen LogP contribution < -0.4 is 10.6 Å². The molecule has 29 heavy (non-hydrogen) atoms. The Morgan fingerprint density at radius 2 is 1.93 bits per heavy atom. The van der Waals surface area contributed by atoms with Gasteiger partial charge in [0.2, 0.25) is 11.8 Å². The average Bonchev–Trinajstić information content (AvgIpc) is 3.25. The molecule has 3 saturated heterocycles. The Hall–Kier alpha value is -2.25. The van der Waals surface area contributed by atoms with E-state index in [0.29, 0.717) is 23.9 Å². The van der Waals surface area contributed by atoms with Crippen LogP contribution in [0.5, 0.6) is 0 Å². The topological polar surface area (TPSA) is 81.8 Å². The highest BCUT2D eigenvalue weighted by Crippen LogP contribution is 2.39. The second kappa shape index (κ2) is 7.22. The number of hydrogen-bond acceptors (Lipinski definition) is 5. The molecule has 1 aromatic rings. The maximum absolute atomic E-state index is 13.0. The molecule has 3 amide bonds. The molecule has 0 saturated carbocycles. The second-order valence-corrected chi connectivity index (χ2v) is 9.05. The fourth-order valence-electron chi connectivity index (χ4n) is 5.57. The third kappa shape index (κ3) is 3.36. The van der Waals surface area contributed by atoms with Crippen molar-refractivity contribution in [1.82, 2.24) is 20.4 Å². The van der Waals surface area contributed by atoms with E-state index in [1.165, 1.54) is 24.8 Å². The van der Waals surface area contributed by atoms with Crippen LogP contribution in [0.4, 0.5) is 0 Å². The zero-order valence-corrected chi connectivity index (χ0v) is 16.7. The van der Waals surface area contributed by atoms with Crippen molar-refractivity contribution in [3.63, 3.8) is 0 Å². The first-order valence-electron chi connectivity index (χ1n) is 10.7. The van der Waals surface area contributed by atoms with Gasteiger partial charge >= 0.3 is 0 Å². The van der Waals surface area contributed by atoms with Crippen LogP contribution in [0.2, 0.25) is 0 Å². The van der Waals surface area contributed by atoms with Gasteiger partial charge in [-0.15, -0.1) is 0 Å². The maximum atomic E-state index is 13.0. The van der Waals surface area contributed by atoms with Gasteiger partial charge in [-0.1, -0.05) is 12.1 Å². The molecule has 154 valence electrons. The lowest BCUT2D eigenvalue weighted by molar-refractivity contribution is -0.136. The largest absolute Gasteiger partial charge is 0.322 e. The molecular weight excluding hydrogens is 368 g/mol. The molecule has 0 aromatic heterocycles. The molecule has 7 nitrogen and oxygen atoms in total. The number of fused-ring (bicyclic) bond motifs is 1. The number of carbonyl (C=O) groups is 3. The minimum absolute atomic E-state index is 0.0902. The van der Waals surface area contributed by atoms with E-state index in [0.717, 1.165) is 38.3 Å². The molecule has 1 aromatic carbocycles. The lowest BCUT2D eigenvalue weighted by atomic mass is 9.78.